The van der Waals surface area contributed by atoms with Crippen molar-refractivity contribution < 1.29 is 4.74 Å². The van der Waals surface area contributed by atoms with E-state index in [4.69, 9.17) is 4.74 Å². The van der Waals surface area contributed by atoms with Crippen LogP contribution >= 0.6 is 11.3 Å². The Bertz CT molecular complexity index is 829. The smallest absolute Gasteiger partial charge is 0.119 e. The summed E-state index contributed by atoms with van der Waals surface area (Å²) < 4.78 is 5.90. The summed E-state index contributed by atoms with van der Waals surface area (Å²) in [6.45, 7) is 4.04. The van der Waals surface area contributed by atoms with E-state index in [1.165, 1.54) is 39.3 Å². The van der Waals surface area contributed by atoms with Gasteiger partial charge < -0.3 is 10.1 Å². The molecule has 1 saturated heterocycles. The molecule has 3 aromatic rings. The number of rotatable bonds is 6. The highest BCUT2D eigenvalue weighted by molar-refractivity contribution is 7.15. The molecule has 1 N–H and O–H groups in total. The van der Waals surface area contributed by atoms with Gasteiger partial charge in [0.05, 0.1) is 0 Å². The lowest BCUT2D eigenvalue weighted by atomic mass is 10.0. The molecule has 1 atom stereocenters. The average molecular weight is 364 g/mol. The largest absolute Gasteiger partial charge is 0.492 e. The fourth-order valence-corrected chi connectivity index (χ4v) is 4.28. The standard InChI is InChI=1S/C23H25NOS/c1-17-4-13-23(26-17)20-9-5-18(6-10-20)15-19-7-11-22(12-8-19)25-16-21-3-2-14-24-21/h4-13,21,24H,2-3,14-16H2,1H3. The maximum atomic E-state index is 5.90. The second-order valence-electron chi connectivity index (χ2n) is 7.03. The zero-order valence-electron chi connectivity index (χ0n) is 15.2. The monoisotopic (exact) mass is 363 g/mol. The summed E-state index contributed by atoms with van der Waals surface area (Å²) in [5, 5.41) is 3.46. The third-order valence-electron chi connectivity index (χ3n) is 4.92. The molecule has 3 heteroatoms. The summed E-state index contributed by atoms with van der Waals surface area (Å²) in [6, 6.07) is 22.4. The van der Waals surface area contributed by atoms with Crippen LogP contribution in [-0.2, 0) is 6.42 Å². The molecule has 1 aliphatic rings. The Morgan fingerprint density at radius 1 is 0.962 bits per heavy atom. The number of hydrogen-bond acceptors (Lipinski definition) is 3. The lowest BCUT2D eigenvalue weighted by molar-refractivity contribution is 0.277. The summed E-state index contributed by atoms with van der Waals surface area (Å²) in [4.78, 5) is 2.70. The summed E-state index contributed by atoms with van der Waals surface area (Å²) in [5.41, 5.74) is 3.96. The quantitative estimate of drug-likeness (QED) is 0.629. The van der Waals surface area contributed by atoms with Crippen LogP contribution in [0.1, 0.15) is 28.8 Å². The molecule has 4 rings (SSSR count). The van der Waals surface area contributed by atoms with Crippen molar-refractivity contribution in [3.8, 4) is 16.2 Å². The van der Waals surface area contributed by atoms with Gasteiger partial charge in [-0.05, 0) is 73.7 Å². The van der Waals surface area contributed by atoms with Crippen LogP contribution in [0.5, 0.6) is 5.75 Å². The minimum absolute atomic E-state index is 0.514. The molecule has 1 fully saturated rings. The van der Waals surface area contributed by atoms with Crippen LogP contribution in [-0.4, -0.2) is 19.2 Å². The normalized spacial score (nSPS) is 16.7. The van der Waals surface area contributed by atoms with Crippen LogP contribution in [0.4, 0.5) is 0 Å². The minimum Gasteiger partial charge on any atom is -0.492 e. The van der Waals surface area contributed by atoms with Crippen LogP contribution in [0.3, 0.4) is 0 Å². The average Bonchev–Trinajstić information content (AvgIpc) is 3.34. The van der Waals surface area contributed by atoms with Gasteiger partial charge in [0, 0.05) is 15.8 Å². The lowest BCUT2D eigenvalue weighted by Gasteiger charge is -2.12. The van der Waals surface area contributed by atoms with Crippen molar-refractivity contribution in [2.24, 2.45) is 0 Å². The van der Waals surface area contributed by atoms with Crippen molar-refractivity contribution in [2.45, 2.75) is 32.2 Å². The van der Waals surface area contributed by atoms with E-state index in [2.05, 4.69) is 72.9 Å². The van der Waals surface area contributed by atoms with Gasteiger partial charge in [0.15, 0.2) is 0 Å². The van der Waals surface area contributed by atoms with E-state index in [-0.39, 0.29) is 0 Å². The second-order valence-corrected chi connectivity index (χ2v) is 8.32. The highest BCUT2D eigenvalue weighted by atomic mass is 32.1. The van der Waals surface area contributed by atoms with Gasteiger partial charge in [0.1, 0.15) is 12.4 Å². The molecule has 26 heavy (non-hydrogen) atoms. The zero-order chi connectivity index (χ0) is 17.8. The molecule has 2 heterocycles. The van der Waals surface area contributed by atoms with Crippen LogP contribution < -0.4 is 10.1 Å². The summed E-state index contributed by atoms with van der Waals surface area (Å²) in [6.07, 6.45) is 3.44. The van der Waals surface area contributed by atoms with Gasteiger partial charge in [-0.15, -0.1) is 11.3 Å². The maximum Gasteiger partial charge on any atom is 0.119 e. The highest BCUT2D eigenvalue weighted by Crippen LogP contribution is 2.28. The van der Waals surface area contributed by atoms with Crippen molar-refractivity contribution in [1.82, 2.24) is 5.32 Å². The van der Waals surface area contributed by atoms with E-state index >= 15 is 0 Å². The lowest BCUT2D eigenvalue weighted by Crippen LogP contribution is -2.28. The van der Waals surface area contributed by atoms with Crippen molar-refractivity contribution in [1.29, 1.82) is 0 Å². The Hall–Kier alpha value is -2.10. The molecule has 1 aliphatic heterocycles. The van der Waals surface area contributed by atoms with E-state index in [0.29, 0.717) is 6.04 Å². The van der Waals surface area contributed by atoms with Gasteiger partial charge in [-0.25, -0.2) is 0 Å². The Morgan fingerprint density at radius 3 is 2.31 bits per heavy atom. The van der Waals surface area contributed by atoms with E-state index in [9.17, 15) is 0 Å². The van der Waals surface area contributed by atoms with E-state index in [1.807, 2.05) is 11.3 Å². The molecule has 0 aliphatic carbocycles. The van der Waals surface area contributed by atoms with Gasteiger partial charge in [-0.1, -0.05) is 36.4 Å². The SMILES string of the molecule is Cc1ccc(-c2ccc(Cc3ccc(OCC4CCCN4)cc3)cc2)s1. The van der Waals surface area contributed by atoms with E-state index < -0.39 is 0 Å². The summed E-state index contributed by atoms with van der Waals surface area (Å²) in [7, 11) is 0. The molecule has 0 amide bonds. The molecule has 0 radical (unpaired) electrons. The van der Waals surface area contributed by atoms with Crippen LogP contribution in [0.2, 0.25) is 0 Å². The van der Waals surface area contributed by atoms with Crippen LogP contribution in [0, 0.1) is 6.92 Å². The second kappa shape index (κ2) is 8.07. The number of benzene rings is 2. The first-order valence-electron chi connectivity index (χ1n) is 9.37. The molecule has 134 valence electrons. The molecule has 2 nitrogen and oxygen atoms in total. The predicted octanol–water partition coefficient (Wildman–Crippen LogP) is 5.45. The van der Waals surface area contributed by atoms with Crippen molar-refractivity contribution >= 4 is 11.3 Å². The number of nitrogens with one attached hydrogen (secondary N) is 1. The van der Waals surface area contributed by atoms with E-state index in [0.717, 1.165) is 25.3 Å². The van der Waals surface area contributed by atoms with Crippen LogP contribution in [0.15, 0.2) is 60.7 Å². The predicted molar refractivity (Wildman–Crippen MR) is 110 cm³/mol. The molecule has 0 spiro atoms. The number of aryl methyl sites for hydroxylation is 1. The molecule has 2 aromatic carbocycles. The first kappa shape index (κ1) is 17.3. The third-order valence-corrected chi connectivity index (χ3v) is 5.97. The van der Waals surface area contributed by atoms with Gasteiger partial charge in [-0.3, -0.25) is 0 Å². The molecule has 0 bridgehead atoms. The summed E-state index contributed by atoms with van der Waals surface area (Å²) >= 11 is 1.85. The molecule has 0 saturated carbocycles. The van der Waals surface area contributed by atoms with Gasteiger partial charge in [0.25, 0.3) is 0 Å². The van der Waals surface area contributed by atoms with E-state index in [1.54, 1.807) is 0 Å². The first-order chi connectivity index (χ1) is 12.8. The molecular formula is C23H25NOS. The van der Waals surface area contributed by atoms with Gasteiger partial charge >= 0.3 is 0 Å². The minimum atomic E-state index is 0.514. The van der Waals surface area contributed by atoms with Crippen molar-refractivity contribution in [2.75, 3.05) is 13.2 Å². The number of ether oxygens (including phenoxy) is 1. The highest BCUT2D eigenvalue weighted by Gasteiger charge is 2.14. The van der Waals surface area contributed by atoms with Gasteiger partial charge in [-0.2, -0.15) is 0 Å². The van der Waals surface area contributed by atoms with Crippen molar-refractivity contribution in [3.05, 3.63) is 76.7 Å². The number of thiophene rings is 1. The molecule has 1 aromatic heterocycles. The summed E-state index contributed by atoms with van der Waals surface area (Å²) in [5.74, 6) is 0.964. The fourth-order valence-electron chi connectivity index (χ4n) is 3.41. The Kier molecular flexibility index (Phi) is 5.37. The Balaban J connectivity index is 1.34. The first-order valence-corrected chi connectivity index (χ1v) is 10.2. The molecular weight excluding hydrogens is 338 g/mol. The fraction of sp³-hybridized carbons (Fsp3) is 0.304. The topological polar surface area (TPSA) is 21.3 Å². The third kappa shape index (κ3) is 4.35. The Labute approximate surface area is 159 Å². The zero-order valence-corrected chi connectivity index (χ0v) is 16.0. The molecule has 1 unspecified atom stereocenters. The van der Waals surface area contributed by atoms with Crippen molar-refractivity contribution in [3.63, 3.8) is 0 Å². The van der Waals surface area contributed by atoms with Crippen LogP contribution in [0.25, 0.3) is 10.4 Å². The maximum absolute atomic E-state index is 5.90. The number of hydrogen-bond donors (Lipinski definition) is 1. The Morgan fingerprint density at radius 2 is 1.69 bits per heavy atom. The van der Waals surface area contributed by atoms with Gasteiger partial charge in [0.2, 0.25) is 0 Å².